The summed E-state index contributed by atoms with van der Waals surface area (Å²) in [6, 6.07) is 7.53. The molecule has 0 fully saturated rings. The van der Waals surface area contributed by atoms with Gasteiger partial charge in [0.15, 0.2) is 14.8 Å². The van der Waals surface area contributed by atoms with E-state index in [1.165, 1.54) is 18.3 Å². The van der Waals surface area contributed by atoms with Gasteiger partial charge in [-0.3, -0.25) is 19.3 Å². The Labute approximate surface area is 133 Å². The molecule has 0 atom stereocenters. The summed E-state index contributed by atoms with van der Waals surface area (Å²) in [5.74, 6) is -0.711. The average molecular weight is 351 g/mol. The third-order valence-corrected chi connectivity index (χ3v) is 5.53. The van der Waals surface area contributed by atoms with E-state index in [0.29, 0.717) is 0 Å². The van der Waals surface area contributed by atoms with Crippen LogP contribution in [0.25, 0.3) is 4.96 Å². The van der Waals surface area contributed by atoms with Crippen molar-refractivity contribution in [2.75, 3.05) is 0 Å². The molecule has 0 radical (unpaired) electrons. The van der Waals surface area contributed by atoms with Gasteiger partial charge < -0.3 is 0 Å². The molecule has 0 unspecified atom stereocenters. The molecular formula is C13H9N3O5S2. The Morgan fingerprint density at radius 2 is 1.96 bits per heavy atom. The third-order valence-electron chi connectivity index (χ3n) is 3.13. The Kier molecular flexibility index (Phi) is 3.70. The topological polar surface area (TPSA) is 112 Å². The van der Waals surface area contributed by atoms with Crippen molar-refractivity contribution >= 4 is 31.8 Å². The third kappa shape index (κ3) is 2.73. The van der Waals surface area contributed by atoms with E-state index in [4.69, 9.17) is 0 Å². The number of hydrogen-bond acceptors (Lipinski definition) is 7. The molecule has 1 aromatic carbocycles. The second-order valence-corrected chi connectivity index (χ2v) is 7.46. The Bertz CT molecular complexity index is 1050. The summed E-state index contributed by atoms with van der Waals surface area (Å²) >= 11 is 1.09. The van der Waals surface area contributed by atoms with E-state index in [1.807, 2.05) is 0 Å². The zero-order valence-corrected chi connectivity index (χ0v) is 13.1. The highest BCUT2D eigenvalue weighted by atomic mass is 32.2. The van der Waals surface area contributed by atoms with E-state index in [9.17, 15) is 23.3 Å². The molecule has 10 heteroatoms. The van der Waals surface area contributed by atoms with Gasteiger partial charge in [0.05, 0.1) is 9.82 Å². The maximum atomic E-state index is 12.4. The summed E-state index contributed by atoms with van der Waals surface area (Å²) in [4.78, 5) is 26.7. The monoisotopic (exact) mass is 351 g/mol. The summed E-state index contributed by atoms with van der Waals surface area (Å²) in [5, 5.41) is 12.7. The Morgan fingerprint density at radius 3 is 2.61 bits per heavy atom. The molecule has 0 aliphatic rings. The molecule has 0 N–H and O–H groups in total. The number of rotatable bonds is 4. The number of hydrogen-bond donors (Lipinski definition) is 0. The van der Waals surface area contributed by atoms with Crippen molar-refractivity contribution in [3.8, 4) is 0 Å². The molecule has 0 aliphatic heterocycles. The first kappa shape index (κ1) is 15.3. The van der Waals surface area contributed by atoms with Crippen LogP contribution in [0.3, 0.4) is 0 Å². The predicted octanol–water partition coefficient (Wildman–Crippen LogP) is 1.64. The highest BCUT2D eigenvalue weighted by Gasteiger charge is 2.28. The first-order valence-corrected chi connectivity index (χ1v) is 8.84. The summed E-state index contributed by atoms with van der Waals surface area (Å²) < 4.78 is 25.8. The van der Waals surface area contributed by atoms with Gasteiger partial charge >= 0.3 is 11.2 Å². The molecule has 3 rings (SSSR count). The van der Waals surface area contributed by atoms with E-state index in [0.717, 1.165) is 15.7 Å². The highest BCUT2D eigenvalue weighted by Crippen LogP contribution is 2.21. The fourth-order valence-electron chi connectivity index (χ4n) is 2.09. The van der Waals surface area contributed by atoms with Crippen LogP contribution >= 0.6 is 11.3 Å². The fraction of sp³-hybridized carbons (Fsp3) is 0.0769. The molecule has 0 saturated heterocycles. The fourth-order valence-corrected chi connectivity index (χ4v) is 4.11. The van der Waals surface area contributed by atoms with Crippen LogP contribution in [0.4, 0.5) is 5.69 Å². The first-order chi connectivity index (χ1) is 10.9. The van der Waals surface area contributed by atoms with Gasteiger partial charge in [0, 0.05) is 11.6 Å². The number of sulfone groups is 1. The Morgan fingerprint density at radius 1 is 1.26 bits per heavy atom. The van der Waals surface area contributed by atoms with Crippen LogP contribution in [-0.4, -0.2) is 22.7 Å². The largest absolute Gasteiger partial charge is 0.356 e. The van der Waals surface area contributed by atoms with E-state index < -0.39 is 31.8 Å². The second-order valence-electron chi connectivity index (χ2n) is 4.60. The number of benzene rings is 1. The van der Waals surface area contributed by atoms with Crippen molar-refractivity contribution in [1.29, 1.82) is 0 Å². The van der Waals surface area contributed by atoms with Crippen LogP contribution in [0.5, 0.6) is 0 Å². The number of aromatic nitrogens is 2. The van der Waals surface area contributed by atoms with Gasteiger partial charge in [-0.05, 0) is 12.1 Å². The van der Waals surface area contributed by atoms with Gasteiger partial charge in [-0.2, -0.15) is 0 Å². The smallest absolute Gasteiger partial charge is 0.261 e. The quantitative estimate of drug-likeness (QED) is 0.522. The van der Waals surface area contributed by atoms with Gasteiger partial charge in [-0.25, -0.2) is 13.4 Å². The predicted molar refractivity (Wildman–Crippen MR) is 83.3 cm³/mol. The van der Waals surface area contributed by atoms with Crippen LogP contribution < -0.4 is 5.56 Å². The summed E-state index contributed by atoms with van der Waals surface area (Å²) in [7, 11) is -3.85. The van der Waals surface area contributed by atoms with Crippen LogP contribution in [0.2, 0.25) is 0 Å². The molecule has 118 valence electrons. The lowest BCUT2D eigenvalue weighted by Crippen LogP contribution is -2.21. The second kappa shape index (κ2) is 5.56. The van der Waals surface area contributed by atoms with Gasteiger partial charge in [0.1, 0.15) is 11.4 Å². The lowest BCUT2D eigenvalue weighted by atomic mass is 10.4. The summed E-state index contributed by atoms with van der Waals surface area (Å²) in [6.45, 7) is 0. The Balaban J connectivity index is 2.18. The number of fused-ring (bicyclic) bond motifs is 1. The van der Waals surface area contributed by atoms with Crippen molar-refractivity contribution in [2.45, 2.75) is 10.6 Å². The molecule has 3 aromatic rings. The zero-order valence-electron chi connectivity index (χ0n) is 11.4. The lowest BCUT2D eigenvalue weighted by Gasteiger charge is -2.05. The minimum absolute atomic E-state index is 0.0162. The van der Waals surface area contributed by atoms with Crippen molar-refractivity contribution in [1.82, 2.24) is 9.38 Å². The Hall–Kier alpha value is -2.59. The molecule has 8 nitrogen and oxygen atoms in total. The highest BCUT2D eigenvalue weighted by molar-refractivity contribution is 7.90. The van der Waals surface area contributed by atoms with Gasteiger partial charge in [0.25, 0.3) is 0 Å². The van der Waals surface area contributed by atoms with Crippen molar-refractivity contribution in [3.05, 3.63) is 68.1 Å². The number of nitrogens with zero attached hydrogens (tertiary/aromatic N) is 3. The number of nitro groups is 1. The minimum Gasteiger partial charge on any atom is -0.261 e. The SMILES string of the molecule is O=c1c([N+](=O)[O-])c(CS(=O)(=O)c2ccccc2)nc2sccn12. The van der Waals surface area contributed by atoms with Crippen molar-refractivity contribution in [3.63, 3.8) is 0 Å². The molecule has 23 heavy (non-hydrogen) atoms. The van der Waals surface area contributed by atoms with Crippen molar-refractivity contribution in [2.24, 2.45) is 0 Å². The van der Waals surface area contributed by atoms with E-state index >= 15 is 0 Å². The molecule has 0 saturated carbocycles. The van der Waals surface area contributed by atoms with E-state index in [2.05, 4.69) is 4.98 Å². The molecule has 0 spiro atoms. The molecule has 0 amide bonds. The van der Waals surface area contributed by atoms with Crippen LogP contribution in [0, 0.1) is 10.1 Å². The van der Waals surface area contributed by atoms with Crippen molar-refractivity contribution < 1.29 is 13.3 Å². The molecule has 0 aliphatic carbocycles. The molecule has 2 aromatic heterocycles. The molecule has 0 bridgehead atoms. The lowest BCUT2D eigenvalue weighted by molar-refractivity contribution is -0.387. The summed E-state index contributed by atoms with van der Waals surface area (Å²) in [6.07, 6.45) is 1.36. The van der Waals surface area contributed by atoms with Crippen LogP contribution in [0.1, 0.15) is 5.69 Å². The van der Waals surface area contributed by atoms with Crippen LogP contribution in [0.15, 0.2) is 51.6 Å². The molecular weight excluding hydrogens is 342 g/mol. The van der Waals surface area contributed by atoms with Crippen LogP contribution in [-0.2, 0) is 15.6 Å². The zero-order chi connectivity index (χ0) is 16.6. The average Bonchev–Trinajstić information content (AvgIpc) is 2.96. The van der Waals surface area contributed by atoms with Gasteiger partial charge in [0.2, 0.25) is 0 Å². The first-order valence-electron chi connectivity index (χ1n) is 6.31. The minimum atomic E-state index is -3.85. The van der Waals surface area contributed by atoms with Gasteiger partial charge in [-0.15, -0.1) is 11.3 Å². The van der Waals surface area contributed by atoms with Gasteiger partial charge in [-0.1, -0.05) is 18.2 Å². The maximum Gasteiger partial charge on any atom is 0.356 e. The summed E-state index contributed by atoms with van der Waals surface area (Å²) in [5.41, 5.74) is -2.06. The number of thiazole rings is 1. The van der Waals surface area contributed by atoms with E-state index in [1.54, 1.807) is 23.6 Å². The maximum absolute atomic E-state index is 12.4. The molecule has 2 heterocycles. The standard InChI is InChI=1S/C13H9N3O5S2/c17-12-11(16(18)19)10(14-13-15(12)6-7-22-13)8-23(20,21)9-4-2-1-3-5-9/h1-7H,8H2. The van der Waals surface area contributed by atoms with E-state index in [-0.39, 0.29) is 15.6 Å². The normalized spacial score (nSPS) is 11.7.